The summed E-state index contributed by atoms with van der Waals surface area (Å²) in [6.07, 6.45) is 7.96. The van der Waals surface area contributed by atoms with E-state index in [2.05, 4.69) is 60.7 Å². The van der Waals surface area contributed by atoms with Crippen molar-refractivity contribution >= 4 is 15.9 Å². The maximum atomic E-state index is 12.3. The number of nitrogens with zero attached hydrogens (tertiary/aromatic N) is 1. The van der Waals surface area contributed by atoms with Crippen molar-refractivity contribution in [2.45, 2.75) is 101 Å². The molecular weight excluding hydrogens is 530 g/mol. The van der Waals surface area contributed by atoms with E-state index < -0.39 is 11.2 Å². The number of ether oxygens (including phenoxy) is 3. The van der Waals surface area contributed by atoms with Crippen LogP contribution in [0.2, 0.25) is 0 Å². The van der Waals surface area contributed by atoms with Crippen molar-refractivity contribution in [2.24, 2.45) is 22.7 Å². The molecule has 7 aliphatic rings. The summed E-state index contributed by atoms with van der Waals surface area (Å²) < 4.78 is 20.1. The first-order chi connectivity index (χ1) is 17.6. The number of rotatable bonds is 7. The topological polar surface area (TPSA) is 51.2 Å². The number of piperidine rings is 1. The Hall–Kier alpha value is -0.820. The molecule has 2 aliphatic heterocycles. The molecule has 0 aromatic heterocycles. The zero-order valence-electron chi connectivity index (χ0n) is 23.2. The molecule has 204 valence electrons. The van der Waals surface area contributed by atoms with Crippen molar-refractivity contribution in [2.75, 3.05) is 32.1 Å². The van der Waals surface area contributed by atoms with Crippen molar-refractivity contribution in [3.05, 3.63) is 23.3 Å². The van der Waals surface area contributed by atoms with Crippen LogP contribution in [0.5, 0.6) is 11.5 Å². The third-order valence-electron chi connectivity index (χ3n) is 12.2. The Labute approximate surface area is 230 Å². The molecule has 2 spiro atoms. The van der Waals surface area contributed by atoms with Crippen LogP contribution in [0.15, 0.2) is 12.1 Å². The summed E-state index contributed by atoms with van der Waals surface area (Å²) in [5, 5.41) is 13.1. The van der Waals surface area contributed by atoms with Gasteiger partial charge in [-0.15, -0.1) is 0 Å². The minimum Gasteiger partial charge on any atom is -0.489 e. The van der Waals surface area contributed by atoms with Gasteiger partial charge in [0.25, 0.3) is 0 Å². The monoisotopic (exact) mass is 573 g/mol. The Morgan fingerprint density at radius 2 is 1.95 bits per heavy atom. The number of aliphatic hydroxyl groups is 1. The fraction of sp³-hybridized carbons (Fsp3) is 0.806. The number of fused-ring (bicyclic) bond motifs is 2. The molecular formula is C31H44BrNO4. The smallest absolute Gasteiger partial charge is 0.165 e. The van der Waals surface area contributed by atoms with E-state index in [1.165, 1.54) is 30.5 Å². The van der Waals surface area contributed by atoms with E-state index in [0.717, 1.165) is 61.4 Å². The number of alkyl halides is 1. The summed E-state index contributed by atoms with van der Waals surface area (Å²) in [4.78, 5) is 2.87. The lowest BCUT2D eigenvalue weighted by molar-refractivity contribution is -0.312. The van der Waals surface area contributed by atoms with Gasteiger partial charge in [-0.2, -0.15) is 0 Å². The summed E-state index contributed by atoms with van der Waals surface area (Å²) in [6, 6.07) is 4.98. The van der Waals surface area contributed by atoms with Gasteiger partial charge in [0, 0.05) is 47.3 Å². The molecule has 2 heterocycles. The van der Waals surface area contributed by atoms with E-state index in [9.17, 15) is 5.11 Å². The highest BCUT2D eigenvalue weighted by molar-refractivity contribution is 9.09. The van der Waals surface area contributed by atoms with Crippen LogP contribution in [0.1, 0.15) is 77.3 Å². The first kappa shape index (κ1) is 25.2. The van der Waals surface area contributed by atoms with Gasteiger partial charge in [-0.3, -0.25) is 4.90 Å². The van der Waals surface area contributed by atoms with Crippen LogP contribution < -0.4 is 9.47 Å². The van der Waals surface area contributed by atoms with E-state index in [1.54, 1.807) is 0 Å². The molecule has 7 atom stereocenters. The lowest BCUT2D eigenvalue weighted by Gasteiger charge is -2.75. The highest BCUT2D eigenvalue weighted by Gasteiger charge is 2.82. The third-order valence-corrected chi connectivity index (χ3v) is 12.5. The summed E-state index contributed by atoms with van der Waals surface area (Å²) in [6.45, 7) is 11.6. The van der Waals surface area contributed by atoms with Crippen LogP contribution in [0.25, 0.3) is 0 Å². The van der Waals surface area contributed by atoms with Crippen molar-refractivity contribution in [3.63, 3.8) is 0 Å². The molecule has 0 amide bonds. The predicted octanol–water partition coefficient (Wildman–Crippen LogP) is 5.48. The van der Waals surface area contributed by atoms with Gasteiger partial charge in [-0.05, 0) is 81.4 Å². The van der Waals surface area contributed by atoms with Gasteiger partial charge < -0.3 is 19.3 Å². The average Bonchev–Trinajstić information content (AvgIpc) is 3.60. The van der Waals surface area contributed by atoms with Gasteiger partial charge in [0.2, 0.25) is 0 Å². The second-order valence-electron chi connectivity index (χ2n) is 14.3. The van der Waals surface area contributed by atoms with Crippen LogP contribution in [-0.4, -0.2) is 65.5 Å². The molecule has 8 rings (SSSR count). The number of hydrogen-bond acceptors (Lipinski definition) is 5. The van der Waals surface area contributed by atoms with Crippen molar-refractivity contribution in [1.29, 1.82) is 0 Å². The second kappa shape index (κ2) is 7.89. The van der Waals surface area contributed by atoms with Gasteiger partial charge in [0.05, 0.1) is 12.2 Å². The Kier molecular flexibility index (Phi) is 5.37. The van der Waals surface area contributed by atoms with Gasteiger partial charge in [0.1, 0.15) is 11.7 Å². The van der Waals surface area contributed by atoms with Crippen LogP contribution in [-0.2, 0) is 16.6 Å². The molecule has 1 N–H and O–H groups in total. The maximum Gasteiger partial charge on any atom is 0.165 e. The molecule has 5 nitrogen and oxygen atoms in total. The molecule has 1 saturated heterocycles. The minimum atomic E-state index is -0.888. The SMILES string of the molecule is CO[C@]12CC[C@@]3(C[C@@H]1C(C)(O)C(C)(C)C)C1Cc4ccc(OCCBr)c5c4C3(CCN1CC1CC1)[C@@H]2O5. The highest BCUT2D eigenvalue weighted by Crippen LogP contribution is 2.78. The zero-order valence-corrected chi connectivity index (χ0v) is 24.8. The van der Waals surface area contributed by atoms with Crippen LogP contribution in [0.3, 0.4) is 0 Å². The van der Waals surface area contributed by atoms with E-state index >= 15 is 0 Å². The standard InChI is InChI=1S/C31H44BrNO4/c1-27(2,3)28(4,34)22-17-29-10-11-31(22,35-5)26-30(29)12-14-33(18-19-6-7-19)23(29)16-20-8-9-21(36-15-13-32)25(37-26)24(20)30/h8-9,19,22-23,26,34H,6-7,10-18H2,1-5H3/t22-,23?,26+,28?,29-,30?,31-/m1/s1. The van der Waals surface area contributed by atoms with Gasteiger partial charge in [0.15, 0.2) is 11.5 Å². The lowest BCUT2D eigenvalue weighted by Crippen LogP contribution is -2.83. The maximum absolute atomic E-state index is 12.3. The molecule has 4 bridgehead atoms. The summed E-state index contributed by atoms with van der Waals surface area (Å²) in [5.41, 5.74) is 1.20. The van der Waals surface area contributed by atoms with E-state index in [4.69, 9.17) is 14.2 Å². The molecule has 1 aromatic rings. The fourth-order valence-corrected chi connectivity index (χ4v) is 9.99. The molecule has 4 saturated carbocycles. The normalized spacial score (nSPS) is 41.2. The molecule has 3 unspecified atom stereocenters. The van der Waals surface area contributed by atoms with Gasteiger partial charge in [-0.25, -0.2) is 0 Å². The van der Waals surface area contributed by atoms with Crippen LogP contribution >= 0.6 is 15.9 Å². The van der Waals surface area contributed by atoms with E-state index in [-0.39, 0.29) is 28.3 Å². The molecule has 0 radical (unpaired) electrons. The largest absolute Gasteiger partial charge is 0.489 e. The summed E-state index contributed by atoms with van der Waals surface area (Å²) >= 11 is 3.53. The van der Waals surface area contributed by atoms with Crippen LogP contribution in [0.4, 0.5) is 0 Å². The van der Waals surface area contributed by atoms with E-state index in [1.807, 2.05) is 7.11 Å². The number of halogens is 1. The predicted molar refractivity (Wildman–Crippen MR) is 148 cm³/mol. The van der Waals surface area contributed by atoms with Crippen molar-refractivity contribution < 1.29 is 19.3 Å². The first-order valence-electron chi connectivity index (χ1n) is 14.6. The van der Waals surface area contributed by atoms with E-state index in [0.29, 0.717) is 12.6 Å². The number of likely N-dealkylation sites (tertiary alicyclic amines) is 1. The first-order valence-corrected chi connectivity index (χ1v) is 15.7. The number of methoxy groups -OCH3 is 1. The Bertz CT molecular complexity index is 1110. The van der Waals surface area contributed by atoms with Gasteiger partial charge >= 0.3 is 0 Å². The van der Waals surface area contributed by atoms with Crippen molar-refractivity contribution in [1.82, 2.24) is 4.90 Å². The Morgan fingerprint density at radius 3 is 2.62 bits per heavy atom. The molecule has 37 heavy (non-hydrogen) atoms. The highest BCUT2D eigenvalue weighted by atomic mass is 79.9. The fourth-order valence-electron chi connectivity index (χ4n) is 9.83. The van der Waals surface area contributed by atoms with Crippen molar-refractivity contribution in [3.8, 4) is 11.5 Å². The number of benzene rings is 1. The second-order valence-corrected chi connectivity index (χ2v) is 15.1. The summed E-state index contributed by atoms with van der Waals surface area (Å²) in [7, 11) is 1.87. The zero-order chi connectivity index (χ0) is 26.0. The number of hydrogen-bond donors (Lipinski definition) is 1. The minimum absolute atomic E-state index is 0.00280. The van der Waals surface area contributed by atoms with Gasteiger partial charge in [-0.1, -0.05) is 42.8 Å². The Balaban J connectivity index is 1.45. The molecule has 5 aliphatic carbocycles. The molecule has 1 aromatic carbocycles. The molecule has 5 fully saturated rings. The molecule has 6 heteroatoms. The average molecular weight is 575 g/mol. The quantitative estimate of drug-likeness (QED) is 0.437. The Morgan fingerprint density at radius 1 is 1.16 bits per heavy atom. The van der Waals surface area contributed by atoms with Crippen LogP contribution in [0, 0.1) is 22.7 Å². The lowest BCUT2D eigenvalue weighted by atomic mass is 9.33. The summed E-state index contributed by atoms with van der Waals surface area (Å²) in [5.74, 6) is 2.72. The third kappa shape index (κ3) is 2.97.